The number of hydrogen-bond acceptors (Lipinski definition) is 3. The van der Waals surface area contributed by atoms with Crippen molar-refractivity contribution in [3.05, 3.63) is 48.2 Å². The molecule has 0 saturated heterocycles. The van der Waals surface area contributed by atoms with Crippen molar-refractivity contribution < 1.29 is 4.74 Å². The number of benzene rings is 1. The lowest BCUT2D eigenvalue weighted by Gasteiger charge is -2.07. The molecule has 0 bridgehead atoms. The molecule has 2 N–H and O–H groups in total. The number of aromatic nitrogens is 1. The van der Waals surface area contributed by atoms with Crippen molar-refractivity contribution in [3.63, 3.8) is 0 Å². The first-order valence-corrected chi connectivity index (χ1v) is 5.13. The molecule has 1 aromatic carbocycles. The fourth-order valence-electron chi connectivity index (χ4n) is 1.63. The van der Waals surface area contributed by atoms with Gasteiger partial charge in [-0.25, -0.2) is 0 Å². The average Bonchev–Trinajstić information content (AvgIpc) is 2.38. The number of nitrogens with two attached hydrogens (primary N) is 1. The first kappa shape index (κ1) is 10.6. The van der Waals surface area contributed by atoms with Gasteiger partial charge in [-0.1, -0.05) is 18.2 Å². The number of hydrogen-bond donors (Lipinski definition) is 1. The van der Waals surface area contributed by atoms with E-state index >= 15 is 0 Å². The molecular weight excluding hydrogens is 200 g/mol. The van der Waals surface area contributed by atoms with Gasteiger partial charge in [-0.3, -0.25) is 4.98 Å². The van der Waals surface area contributed by atoms with Gasteiger partial charge in [-0.15, -0.1) is 0 Å². The van der Waals surface area contributed by atoms with Crippen LogP contribution in [0.15, 0.2) is 42.6 Å². The molecule has 2 rings (SSSR count). The van der Waals surface area contributed by atoms with E-state index in [0.717, 1.165) is 22.6 Å². The van der Waals surface area contributed by atoms with Crippen LogP contribution in [0.3, 0.4) is 0 Å². The molecule has 2 aromatic rings. The normalized spacial score (nSPS) is 10.1. The quantitative estimate of drug-likeness (QED) is 0.852. The van der Waals surface area contributed by atoms with Crippen molar-refractivity contribution in [2.24, 2.45) is 5.73 Å². The van der Waals surface area contributed by atoms with Gasteiger partial charge in [0.1, 0.15) is 5.75 Å². The van der Waals surface area contributed by atoms with E-state index in [9.17, 15) is 0 Å². The van der Waals surface area contributed by atoms with E-state index < -0.39 is 0 Å². The topological polar surface area (TPSA) is 48.1 Å². The van der Waals surface area contributed by atoms with Crippen LogP contribution in [0, 0.1) is 0 Å². The maximum Gasteiger partial charge on any atom is 0.119 e. The molecule has 0 aliphatic carbocycles. The van der Waals surface area contributed by atoms with Crippen molar-refractivity contribution in [1.82, 2.24) is 4.98 Å². The molecule has 0 spiro atoms. The summed E-state index contributed by atoms with van der Waals surface area (Å²) in [6.07, 6.45) is 1.77. The number of methoxy groups -OCH3 is 1. The summed E-state index contributed by atoms with van der Waals surface area (Å²) in [6.45, 7) is 0.486. The smallest absolute Gasteiger partial charge is 0.119 e. The van der Waals surface area contributed by atoms with E-state index in [-0.39, 0.29) is 0 Å². The number of rotatable bonds is 3. The monoisotopic (exact) mass is 214 g/mol. The maximum absolute atomic E-state index is 5.69. The van der Waals surface area contributed by atoms with Crippen LogP contribution in [0.1, 0.15) is 5.56 Å². The Balaban J connectivity index is 2.49. The molecule has 0 fully saturated rings. The van der Waals surface area contributed by atoms with Gasteiger partial charge in [0.25, 0.3) is 0 Å². The Morgan fingerprint density at radius 2 is 2.12 bits per heavy atom. The summed E-state index contributed by atoms with van der Waals surface area (Å²) >= 11 is 0. The molecule has 3 nitrogen and oxygen atoms in total. The summed E-state index contributed by atoms with van der Waals surface area (Å²) in [4.78, 5) is 4.36. The highest BCUT2D eigenvalue weighted by Crippen LogP contribution is 2.24. The third-order valence-corrected chi connectivity index (χ3v) is 2.45. The van der Waals surface area contributed by atoms with Gasteiger partial charge in [0.05, 0.1) is 12.8 Å². The number of ether oxygens (including phenoxy) is 1. The Labute approximate surface area is 94.9 Å². The molecule has 0 saturated carbocycles. The summed E-state index contributed by atoms with van der Waals surface area (Å²) in [5.41, 5.74) is 8.67. The molecule has 0 aliphatic heterocycles. The molecule has 0 unspecified atom stereocenters. The fraction of sp³-hybridized carbons (Fsp3) is 0.154. The summed E-state index contributed by atoms with van der Waals surface area (Å²) in [5, 5.41) is 0. The zero-order valence-electron chi connectivity index (χ0n) is 9.18. The molecule has 16 heavy (non-hydrogen) atoms. The molecule has 0 aliphatic rings. The van der Waals surface area contributed by atoms with Gasteiger partial charge in [-0.05, 0) is 23.8 Å². The van der Waals surface area contributed by atoms with E-state index in [2.05, 4.69) is 4.98 Å². The minimum atomic E-state index is 0.486. The number of nitrogens with zero attached hydrogens (tertiary/aromatic N) is 1. The Morgan fingerprint density at radius 3 is 2.88 bits per heavy atom. The highest BCUT2D eigenvalue weighted by atomic mass is 16.5. The van der Waals surface area contributed by atoms with E-state index in [1.165, 1.54) is 0 Å². The largest absolute Gasteiger partial charge is 0.497 e. The van der Waals surface area contributed by atoms with Gasteiger partial charge in [0.15, 0.2) is 0 Å². The zero-order chi connectivity index (χ0) is 11.4. The van der Waals surface area contributed by atoms with Crippen molar-refractivity contribution in [2.75, 3.05) is 7.11 Å². The predicted octanol–water partition coefficient (Wildman–Crippen LogP) is 2.22. The Hall–Kier alpha value is -1.87. The van der Waals surface area contributed by atoms with Gasteiger partial charge < -0.3 is 10.5 Å². The van der Waals surface area contributed by atoms with Gasteiger partial charge >= 0.3 is 0 Å². The van der Waals surface area contributed by atoms with E-state index in [1.807, 2.05) is 36.4 Å². The molecule has 3 heteroatoms. The van der Waals surface area contributed by atoms with E-state index in [0.29, 0.717) is 6.54 Å². The minimum absolute atomic E-state index is 0.486. The molecule has 1 heterocycles. The van der Waals surface area contributed by atoms with E-state index in [1.54, 1.807) is 13.3 Å². The van der Waals surface area contributed by atoms with Crippen LogP contribution in [0.2, 0.25) is 0 Å². The molecular formula is C13H14N2O. The Morgan fingerprint density at radius 1 is 1.25 bits per heavy atom. The van der Waals surface area contributed by atoms with Crippen LogP contribution >= 0.6 is 0 Å². The highest BCUT2D eigenvalue weighted by molar-refractivity contribution is 5.64. The first-order valence-electron chi connectivity index (χ1n) is 5.13. The summed E-state index contributed by atoms with van der Waals surface area (Å²) in [6, 6.07) is 11.7. The van der Waals surface area contributed by atoms with E-state index in [4.69, 9.17) is 10.5 Å². The van der Waals surface area contributed by atoms with Gasteiger partial charge in [-0.2, -0.15) is 0 Å². The second-order valence-electron chi connectivity index (χ2n) is 3.45. The lowest BCUT2D eigenvalue weighted by molar-refractivity contribution is 0.415. The molecule has 0 atom stereocenters. The Bertz CT molecular complexity index is 483. The van der Waals surface area contributed by atoms with Crippen LogP contribution in [0.4, 0.5) is 0 Å². The third kappa shape index (κ3) is 2.04. The second-order valence-corrected chi connectivity index (χ2v) is 3.45. The van der Waals surface area contributed by atoms with Crippen LogP contribution < -0.4 is 10.5 Å². The predicted molar refractivity (Wildman–Crippen MR) is 64.1 cm³/mol. The standard InChI is InChI=1S/C13H14N2O/c1-16-12-6-2-4-10(8-12)13-11(9-14)5-3-7-15-13/h2-8H,9,14H2,1H3. The third-order valence-electron chi connectivity index (χ3n) is 2.45. The van der Waals surface area contributed by atoms with Crippen molar-refractivity contribution in [3.8, 4) is 17.0 Å². The van der Waals surface area contributed by atoms with Crippen LogP contribution in [0.5, 0.6) is 5.75 Å². The van der Waals surface area contributed by atoms with Crippen LogP contribution in [-0.2, 0) is 6.54 Å². The fourth-order valence-corrected chi connectivity index (χ4v) is 1.63. The van der Waals surface area contributed by atoms with Crippen molar-refractivity contribution in [2.45, 2.75) is 6.54 Å². The molecule has 0 radical (unpaired) electrons. The molecule has 0 amide bonds. The van der Waals surface area contributed by atoms with Crippen LogP contribution in [0.25, 0.3) is 11.3 Å². The summed E-state index contributed by atoms with van der Waals surface area (Å²) < 4.78 is 5.19. The van der Waals surface area contributed by atoms with Crippen LogP contribution in [-0.4, -0.2) is 12.1 Å². The average molecular weight is 214 g/mol. The van der Waals surface area contributed by atoms with Crippen molar-refractivity contribution in [1.29, 1.82) is 0 Å². The molecule has 82 valence electrons. The summed E-state index contributed by atoms with van der Waals surface area (Å²) in [5.74, 6) is 0.825. The SMILES string of the molecule is COc1cccc(-c2ncccc2CN)c1. The van der Waals surface area contributed by atoms with Gasteiger partial charge in [0, 0.05) is 18.3 Å². The second kappa shape index (κ2) is 4.77. The minimum Gasteiger partial charge on any atom is -0.497 e. The lowest BCUT2D eigenvalue weighted by atomic mass is 10.1. The maximum atomic E-state index is 5.69. The highest BCUT2D eigenvalue weighted by Gasteiger charge is 2.05. The summed E-state index contributed by atoms with van der Waals surface area (Å²) in [7, 11) is 1.65. The van der Waals surface area contributed by atoms with Gasteiger partial charge in [0.2, 0.25) is 0 Å². The Kier molecular flexibility index (Phi) is 3.17. The number of pyridine rings is 1. The first-order chi connectivity index (χ1) is 7.85. The zero-order valence-corrected chi connectivity index (χ0v) is 9.18. The lowest BCUT2D eigenvalue weighted by Crippen LogP contribution is -2.00. The molecule has 1 aromatic heterocycles. The van der Waals surface area contributed by atoms with Crippen molar-refractivity contribution >= 4 is 0 Å².